The largest absolute Gasteiger partial charge is 0.337 e. The summed E-state index contributed by atoms with van der Waals surface area (Å²) in [5.41, 5.74) is 2.14. The van der Waals surface area contributed by atoms with Gasteiger partial charge in [0.15, 0.2) is 0 Å². The highest BCUT2D eigenvalue weighted by Crippen LogP contribution is 2.30. The molecule has 0 spiro atoms. The highest BCUT2D eigenvalue weighted by atomic mass is 19.1. The van der Waals surface area contributed by atoms with E-state index in [1.807, 2.05) is 19.6 Å². The molecule has 3 heterocycles. The van der Waals surface area contributed by atoms with Crippen molar-refractivity contribution in [2.75, 3.05) is 20.1 Å². The van der Waals surface area contributed by atoms with Crippen LogP contribution < -0.4 is 5.32 Å². The molecule has 3 atom stereocenters. The fourth-order valence-electron chi connectivity index (χ4n) is 3.62. The molecule has 1 fully saturated rings. The van der Waals surface area contributed by atoms with Crippen molar-refractivity contribution in [2.45, 2.75) is 31.8 Å². The quantitative estimate of drug-likeness (QED) is 0.913. The molecule has 0 amide bonds. The standard InChI is InChI=1S/C18H26FN5/c1-12(2)18(15-6-5-13(19)7-21-15)22-16-10-23(3)9-14(16)17-8-20-11-24(17)4/h5-8,11-12,14,16,18,22H,9-10H2,1-4H3/t14-,16-,18?/m1/s1. The number of halogens is 1. The van der Waals surface area contributed by atoms with Crippen LogP contribution in [0, 0.1) is 11.7 Å². The number of pyridine rings is 1. The van der Waals surface area contributed by atoms with Crippen molar-refractivity contribution in [3.8, 4) is 0 Å². The molecule has 6 heteroatoms. The maximum Gasteiger partial charge on any atom is 0.141 e. The van der Waals surface area contributed by atoms with E-state index in [4.69, 9.17) is 0 Å². The van der Waals surface area contributed by atoms with E-state index in [1.54, 1.807) is 6.07 Å². The Hall–Kier alpha value is -1.79. The van der Waals surface area contributed by atoms with E-state index in [2.05, 4.69) is 45.6 Å². The van der Waals surface area contributed by atoms with Crippen LogP contribution in [0.15, 0.2) is 30.9 Å². The Morgan fingerprint density at radius 1 is 1.21 bits per heavy atom. The Morgan fingerprint density at radius 3 is 2.58 bits per heavy atom. The zero-order valence-corrected chi connectivity index (χ0v) is 14.8. The third-order valence-corrected chi connectivity index (χ3v) is 4.87. The van der Waals surface area contributed by atoms with Gasteiger partial charge in [0.1, 0.15) is 5.82 Å². The van der Waals surface area contributed by atoms with E-state index in [1.165, 1.54) is 18.0 Å². The minimum Gasteiger partial charge on any atom is -0.337 e. The second-order valence-corrected chi connectivity index (χ2v) is 7.15. The van der Waals surface area contributed by atoms with Crippen molar-refractivity contribution in [3.05, 3.63) is 48.1 Å². The number of hydrogen-bond acceptors (Lipinski definition) is 4. The van der Waals surface area contributed by atoms with Gasteiger partial charge in [-0.3, -0.25) is 4.98 Å². The van der Waals surface area contributed by atoms with Crippen LogP contribution in [-0.2, 0) is 7.05 Å². The third-order valence-electron chi connectivity index (χ3n) is 4.87. The van der Waals surface area contributed by atoms with Crippen LogP contribution in [0.25, 0.3) is 0 Å². The maximum absolute atomic E-state index is 13.2. The lowest BCUT2D eigenvalue weighted by Gasteiger charge is -2.29. The second-order valence-electron chi connectivity index (χ2n) is 7.15. The summed E-state index contributed by atoms with van der Waals surface area (Å²) >= 11 is 0. The molecule has 2 aromatic heterocycles. The van der Waals surface area contributed by atoms with Gasteiger partial charge >= 0.3 is 0 Å². The molecule has 0 aliphatic carbocycles. The van der Waals surface area contributed by atoms with Crippen LogP contribution in [0.2, 0.25) is 0 Å². The molecule has 0 radical (unpaired) electrons. The number of aromatic nitrogens is 3. The lowest BCUT2D eigenvalue weighted by molar-refractivity contribution is 0.333. The summed E-state index contributed by atoms with van der Waals surface area (Å²) in [6.07, 6.45) is 5.11. The molecule has 0 saturated carbocycles. The van der Waals surface area contributed by atoms with Gasteiger partial charge in [0.25, 0.3) is 0 Å². The molecule has 0 aromatic carbocycles. The van der Waals surface area contributed by atoms with Crippen LogP contribution in [0.3, 0.4) is 0 Å². The summed E-state index contributed by atoms with van der Waals surface area (Å²) < 4.78 is 15.3. The third kappa shape index (κ3) is 3.49. The number of likely N-dealkylation sites (tertiary alicyclic amines) is 1. The first kappa shape index (κ1) is 17.0. The highest BCUT2D eigenvalue weighted by Gasteiger charge is 2.35. The molecule has 1 saturated heterocycles. The zero-order valence-electron chi connectivity index (χ0n) is 14.8. The molecule has 2 aromatic rings. The molecule has 3 rings (SSSR count). The Kier molecular flexibility index (Phi) is 4.96. The van der Waals surface area contributed by atoms with Gasteiger partial charge in [-0.05, 0) is 25.1 Å². The molecule has 1 unspecified atom stereocenters. The fraction of sp³-hybridized carbons (Fsp3) is 0.556. The number of nitrogens with zero attached hydrogens (tertiary/aromatic N) is 4. The summed E-state index contributed by atoms with van der Waals surface area (Å²) in [5.74, 6) is 0.444. The molecule has 1 aliphatic rings. The van der Waals surface area contributed by atoms with Crippen LogP contribution in [-0.4, -0.2) is 45.6 Å². The first-order chi connectivity index (χ1) is 11.5. The Balaban J connectivity index is 1.83. The minimum atomic E-state index is -0.297. The molecular weight excluding hydrogens is 305 g/mol. The second kappa shape index (κ2) is 6.99. The summed E-state index contributed by atoms with van der Waals surface area (Å²) in [4.78, 5) is 10.9. The van der Waals surface area contributed by atoms with Gasteiger partial charge in [-0.25, -0.2) is 9.37 Å². The minimum absolute atomic E-state index is 0.0952. The smallest absolute Gasteiger partial charge is 0.141 e. The molecule has 1 aliphatic heterocycles. The first-order valence-electron chi connectivity index (χ1n) is 8.48. The summed E-state index contributed by atoms with van der Waals surface area (Å²) in [6.45, 7) is 6.31. The Morgan fingerprint density at radius 2 is 2.00 bits per heavy atom. The van der Waals surface area contributed by atoms with Gasteiger partial charge in [-0.15, -0.1) is 0 Å². The number of hydrogen-bond donors (Lipinski definition) is 1. The van der Waals surface area contributed by atoms with Gasteiger partial charge < -0.3 is 14.8 Å². The van der Waals surface area contributed by atoms with Gasteiger partial charge in [0.05, 0.1) is 24.3 Å². The van der Waals surface area contributed by atoms with Crippen LogP contribution in [0.1, 0.15) is 37.2 Å². The highest BCUT2D eigenvalue weighted by molar-refractivity contribution is 5.16. The van der Waals surface area contributed by atoms with Crippen molar-refractivity contribution in [1.29, 1.82) is 0 Å². The number of aryl methyl sites for hydroxylation is 1. The van der Waals surface area contributed by atoms with Crippen LogP contribution in [0.4, 0.5) is 4.39 Å². The van der Waals surface area contributed by atoms with Crippen molar-refractivity contribution < 1.29 is 4.39 Å². The van der Waals surface area contributed by atoms with E-state index >= 15 is 0 Å². The summed E-state index contributed by atoms with van der Waals surface area (Å²) in [5, 5.41) is 3.78. The maximum atomic E-state index is 13.2. The number of rotatable bonds is 5. The number of imidazole rings is 1. The average Bonchev–Trinajstić information content (AvgIpc) is 3.11. The van der Waals surface area contributed by atoms with Gasteiger partial charge in [0.2, 0.25) is 0 Å². The zero-order chi connectivity index (χ0) is 17.3. The van der Waals surface area contributed by atoms with E-state index in [0.717, 1.165) is 18.8 Å². The average molecular weight is 331 g/mol. The Labute approximate surface area is 142 Å². The van der Waals surface area contributed by atoms with E-state index in [0.29, 0.717) is 17.9 Å². The first-order valence-corrected chi connectivity index (χ1v) is 8.48. The SMILES string of the molecule is CC(C)C(N[C@@H]1CN(C)C[C@H]1c1cncn1C)c1ccc(F)cn1. The summed E-state index contributed by atoms with van der Waals surface area (Å²) in [6, 6.07) is 3.67. The normalized spacial score (nSPS) is 23.1. The lowest BCUT2D eigenvalue weighted by atomic mass is 9.94. The van der Waals surface area contributed by atoms with Crippen LogP contribution >= 0.6 is 0 Å². The molecule has 1 N–H and O–H groups in total. The van der Waals surface area contributed by atoms with Crippen LogP contribution in [0.5, 0.6) is 0 Å². The number of nitrogens with one attached hydrogen (secondary N) is 1. The lowest BCUT2D eigenvalue weighted by Crippen LogP contribution is -2.40. The van der Waals surface area contributed by atoms with Gasteiger partial charge in [0, 0.05) is 44.0 Å². The summed E-state index contributed by atoms with van der Waals surface area (Å²) in [7, 11) is 4.19. The van der Waals surface area contributed by atoms with Crippen molar-refractivity contribution in [1.82, 2.24) is 24.8 Å². The van der Waals surface area contributed by atoms with Crippen molar-refractivity contribution in [2.24, 2.45) is 13.0 Å². The van der Waals surface area contributed by atoms with Gasteiger partial charge in [-0.2, -0.15) is 0 Å². The van der Waals surface area contributed by atoms with E-state index in [-0.39, 0.29) is 11.9 Å². The molecule has 24 heavy (non-hydrogen) atoms. The molecule has 130 valence electrons. The van der Waals surface area contributed by atoms with E-state index in [9.17, 15) is 4.39 Å². The predicted octanol–water partition coefficient (Wildman–Crippen LogP) is 2.34. The topological polar surface area (TPSA) is 46.0 Å². The van der Waals surface area contributed by atoms with Crippen molar-refractivity contribution in [3.63, 3.8) is 0 Å². The van der Waals surface area contributed by atoms with E-state index < -0.39 is 0 Å². The molecule has 5 nitrogen and oxygen atoms in total. The predicted molar refractivity (Wildman–Crippen MR) is 92.1 cm³/mol. The fourth-order valence-corrected chi connectivity index (χ4v) is 3.62. The number of likely N-dealkylation sites (N-methyl/N-ethyl adjacent to an activating group) is 1. The monoisotopic (exact) mass is 331 g/mol. The van der Waals surface area contributed by atoms with Crippen molar-refractivity contribution >= 4 is 0 Å². The Bertz CT molecular complexity index is 666. The molecule has 0 bridgehead atoms. The molecular formula is C18H26FN5. The van der Waals surface area contributed by atoms with Gasteiger partial charge in [-0.1, -0.05) is 13.8 Å².